The van der Waals surface area contributed by atoms with Crippen molar-refractivity contribution in [3.8, 4) is 5.75 Å². The van der Waals surface area contributed by atoms with Crippen LogP contribution in [0.3, 0.4) is 0 Å². The minimum absolute atomic E-state index is 0.0349. The van der Waals surface area contributed by atoms with E-state index in [2.05, 4.69) is 67.4 Å². The Kier molecular flexibility index (Phi) is 6.74. The molecule has 3 rings (SSSR count). The molecule has 0 saturated heterocycles. The van der Waals surface area contributed by atoms with Gasteiger partial charge in [-0.25, -0.2) is 0 Å². The highest BCUT2D eigenvalue weighted by Crippen LogP contribution is 2.24. The zero-order chi connectivity index (χ0) is 20.1. The van der Waals surface area contributed by atoms with Gasteiger partial charge >= 0.3 is 0 Å². The number of hydrogen-bond acceptors (Lipinski definition) is 3. The van der Waals surface area contributed by atoms with Crippen molar-refractivity contribution in [2.24, 2.45) is 0 Å². The van der Waals surface area contributed by atoms with Crippen LogP contribution in [-0.4, -0.2) is 30.0 Å². The highest BCUT2D eigenvalue weighted by Gasteiger charge is 2.17. The number of rotatable bonds is 7. The number of nitrogens with zero attached hydrogens (tertiary/aromatic N) is 1. The molecular formula is C24H32N2O2. The zero-order valence-electron chi connectivity index (χ0n) is 17.5. The van der Waals surface area contributed by atoms with Gasteiger partial charge in [0, 0.05) is 33.1 Å². The maximum Gasteiger partial charge on any atom is 0.216 e. The Bertz CT molecular complexity index is 829. The molecule has 0 aromatic heterocycles. The highest BCUT2D eigenvalue weighted by atomic mass is 16.5. The molecule has 4 nitrogen and oxygen atoms in total. The number of benzene rings is 2. The van der Waals surface area contributed by atoms with Gasteiger partial charge in [0.05, 0.1) is 6.10 Å². The first-order chi connectivity index (χ1) is 13.4. The molecule has 1 aliphatic rings. The molecule has 0 radical (unpaired) electrons. The van der Waals surface area contributed by atoms with E-state index in [0.29, 0.717) is 6.54 Å². The summed E-state index contributed by atoms with van der Waals surface area (Å²) in [6, 6.07) is 13.2. The monoisotopic (exact) mass is 380 g/mol. The summed E-state index contributed by atoms with van der Waals surface area (Å²) >= 11 is 0. The summed E-state index contributed by atoms with van der Waals surface area (Å²) in [5, 5.41) is 2.87. The fourth-order valence-corrected chi connectivity index (χ4v) is 3.77. The molecule has 1 N–H and O–H groups in total. The summed E-state index contributed by atoms with van der Waals surface area (Å²) in [4.78, 5) is 13.5. The molecule has 0 spiro atoms. The lowest BCUT2D eigenvalue weighted by Crippen LogP contribution is -2.30. The third kappa shape index (κ3) is 5.59. The van der Waals surface area contributed by atoms with Crippen LogP contribution < -0.4 is 10.1 Å². The summed E-state index contributed by atoms with van der Waals surface area (Å²) in [6.45, 7) is 11.6. The molecule has 28 heavy (non-hydrogen) atoms. The maximum absolute atomic E-state index is 11.0. The predicted octanol–water partition coefficient (Wildman–Crippen LogP) is 4.02. The Morgan fingerprint density at radius 2 is 2.00 bits per heavy atom. The molecule has 0 aliphatic carbocycles. The van der Waals surface area contributed by atoms with E-state index in [1.807, 2.05) is 0 Å². The second kappa shape index (κ2) is 9.24. The number of fused-ring (bicyclic) bond motifs is 1. The molecule has 0 unspecified atom stereocenters. The molecule has 0 saturated carbocycles. The van der Waals surface area contributed by atoms with Gasteiger partial charge in [-0.3, -0.25) is 9.69 Å². The minimum Gasteiger partial charge on any atom is -0.491 e. The van der Waals surface area contributed by atoms with E-state index in [0.717, 1.165) is 38.2 Å². The summed E-state index contributed by atoms with van der Waals surface area (Å²) in [5.74, 6) is 0.986. The maximum atomic E-state index is 11.0. The fourth-order valence-electron chi connectivity index (χ4n) is 3.77. The van der Waals surface area contributed by atoms with Crippen molar-refractivity contribution in [3.05, 3.63) is 64.2 Å². The third-order valence-electron chi connectivity index (χ3n) is 5.23. The average molecular weight is 381 g/mol. The molecule has 4 heteroatoms. The Labute approximate surface area is 168 Å². The van der Waals surface area contributed by atoms with Crippen molar-refractivity contribution >= 4 is 5.91 Å². The van der Waals surface area contributed by atoms with Crippen LogP contribution in [0.2, 0.25) is 0 Å². The number of carbonyl (C=O) groups excluding carboxylic acids is 1. The van der Waals surface area contributed by atoms with Crippen LogP contribution in [0.25, 0.3) is 0 Å². The summed E-state index contributed by atoms with van der Waals surface area (Å²) in [6.07, 6.45) is 2.17. The van der Waals surface area contributed by atoms with Crippen LogP contribution in [0, 0.1) is 6.92 Å². The van der Waals surface area contributed by atoms with E-state index in [4.69, 9.17) is 4.74 Å². The van der Waals surface area contributed by atoms with E-state index >= 15 is 0 Å². The zero-order valence-corrected chi connectivity index (χ0v) is 17.5. The summed E-state index contributed by atoms with van der Waals surface area (Å²) in [7, 11) is 0. The van der Waals surface area contributed by atoms with E-state index in [-0.39, 0.29) is 12.0 Å². The number of ether oxygens (including phenoxy) is 1. The Balaban J connectivity index is 1.60. The largest absolute Gasteiger partial charge is 0.491 e. The third-order valence-corrected chi connectivity index (χ3v) is 5.23. The molecule has 150 valence electrons. The molecule has 2 aromatic carbocycles. The standard InChI is InChI=1S/C24H32N2O2/c1-17(2)28-24-8-7-22(18(3)13-24)15-26-12-10-21-14-20(5-6-23(21)16-26)9-11-25-19(4)27/h5-8,13-14,17H,9-12,15-16H2,1-4H3,(H,25,27). The Morgan fingerprint density at radius 3 is 2.71 bits per heavy atom. The first kappa shape index (κ1) is 20.4. The lowest BCUT2D eigenvalue weighted by molar-refractivity contribution is -0.118. The first-order valence-corrected chi connectivity index (χ1v) is 10.2. The van der Waals surface area contributed by atoms with Crippen LogP contribution in [0.1, 0.15) is 48.6 Å². The van der Waals surface area contributed by atoms with Gasteiger partial charge in [-0.15, -0.1) is 0 Å². The van der Waals surface area contributed by atoms with Gasteiger partial charge in [-0.2, -0.15) is 0 Å². The van der Waals surface area contributed by atoms with Crippen molar-refractivity contribution < 1.29 is 9.53 Å². The van der Waals surface area contributed by atoms with Crippen molar-refractivity contribution in [2.75, 3.05) is 13.1 Å². The fraction of sp³-hybridized carbons (Fsp3) is 0.458. The van der Waals surface area contributed by atoms with Crippen LogP contribution in [0.5, 0.6) is 5.75 Å². The van der Waals surface area contributed by atoms with Crippen molar-refractivity contribution in [3.63, 3.8) is 0 Å². The normalized spacial score (nSPS) is 14.0. The van der Waals surface area contributed by atoms with E-state index in [1.54, 1.807) is 6.92 Å². The van der Waals surface area contributed by atoms with Crippen LogP contribution in [-0.2, 0) is 30.7 Å². The second-order valence-corrected chi connectivity index (χ2v) is 8.05. The quantitative estimate of drug-likeness (QED) is 0.789. The second-order valence-electron chi connectivity index (χ2n) is 8.05. The molecule has 1 heterocycles. The molecule has 2 aromatic rings. The van der Waals surface area contributed by atoms with Gasteiger partial charge in [-0.1, -0.05) is 24.3 Å². The number of aryl methyl sites for hydroxylation is 1. The van der Waals surface area contributed by atoms with Gasteiger partial charge in [0.2, 0.25) is 5.91 Å². The van der Waals surface area contributed by atoms with Gasteiger partial charge < -0.3 is 10.1 Å². The van der Waals surface area contributed by atoms with Gasteiger partial charge in [-0.05, 0) is 73.6 Å². The van der Waals surface area contributed by atoms with E-state index in [1.165, 1.54) is 27.8 Å². The first-order valence-electron chi connectivity index (χ1n) is 10.2. The van der Waals surface area contributed by atoms with Gasteiger partial charge in [0.25, 0.3) is 0 Å². The minimum atomic E-state index is 0.0349. The number of carbonyl (C=O) groups is 1. The molecule has 1 aliphatic heterocycles. The number of amides is 1. The van der Waals surface area contributed by atoms with Crippen LogP contribution in [0.15, 0.2) is 36.4 Å². The summed E-state index contributed by atoms with van der Waals surface area (Å²) < 4.78 is 5.80. The van der Waals surface area contributed by atoms with E-state index in [9.17, 15) is 4.79 Å². The molecule has 0 fully saturated rings. The van der Waals surface area contributed by atoms with Crippen LogP contribution >= 0.6 is 0 Å². The lowest BCUT2D eigenvalue weighted by Gasteiger charge is -2.29. The van der Waals surface area contributed by atoms with Gasteiger partial charge in [0.15, 0.2) is 0 Å². The highest BCUT2D eigenvalue weighted by molar-refractivity contribution is 5.72. The smallest absolute Gasteiger partial charge is 0.216 e. The molecular weight excluding hydrogens is 348 g/mol. The van der Waals surface area contributed by atoms with E-state index < -0.39 is 0 Å². The molecule has 1 amide bonds. The SMILES string of the molecule is CC(=O)NCCc1ccc2c(c1)CCN(Cc1ccc(OC(C)C)cc1C)C2. The Hall–Kier alpha value is -2.33. The number of hydrogen-bond donors (Lipinski definition) is 1. The van der Waals surface area contributed by atoms with Gasteiger partial charge in [0.1, 0.15) is 5.75 Å². The van der Waals surface area contributed by atoms with Crippen LogP contribution in [0.4, 0.5) is 0 Å². The summed E-state index contributed by atoms with van der Waals surface area (Å²) in [5.41, 5.74) is 6.84. The Morgan fingerprint density at radius 1 is 1.18 bits per heavy atom. The van der Waals surface area contributed by atoms with Crippen molar-refractivity contribution in [1.82, 2.24) is 10.2 Å². The van der Waals surface area contributed by atoms with Crippen molar-refractivity contribution in [1.29, 1.82) is 0 Å². The lowest BCUT2D eigenvalue weighted by atomic mass is 9.95. The molecule has 0 atom stereocenters. The average Bonchev–Trinajstić information content (AvgIpc) is 2.63. The van der Waals surface area contributed by atoms with Crippen molar-refractivity contribution in [2.45, 2.75) is 59.7 Å². The number of nitrogens with one attached hydrogen (secondary N) is 1. The topological polar surface area (TPSA) is 41.6 Å². The molecule has 0 bridgehead atoms. The predicted molar refractivity (Wildman–Crippen MR) is 114 cm³/mol.